The van der Waals surface area contributed by atoms with Gasteiger partial charge < -0.3 is 45.1 Å². The molecule has 0 aromatic carbocycles. The Bertz CT molecular complexity index is 1830. The van der Waals surface area contributed by atoms with Gasteiger partial charge in [0.2, 0.25) is 11.7 Å². The van der Waals surface area contributed by atoms with Gasteiger partial charge in [-0.1, -0.05) is 29.0 Å². The summed E-state index contributed by atoms with van der Waals surface area (Å²) < 4.78 is 50.5. The van der Waals surface area contributed by atoms with Gasteiger partial charge in [-0.05, 0) is 0 Å². The molecule has 2 bridgehead atoms. The molecule has 7 heterocycles. The van der Waals surface area contributed by atoms with Crippen LogP contribution in [-0.2, 0) is 43.9 Å². The van der Waals surface area contributed by atoms with E-state index in [1.54, 1.807) is 0 Å². The molecule has 3 saturated heterocycles. The van der Waals surface area contributed by atoms with Crippen LogP contribution in [0.2, 0.25) is 0 Å². The number of hydrogen-bond donors (Lipinski definition) is 6. The van der Waals surface area contributed by atoms with Crippen molar-refractivity contribution in [1.82, 2.24) is 34.5 Å². The monoisotopic (exact) mass is 690 g/mol. The number of hydrogen-bond acceptors (Lipinski definition) is 18. The number of fused-ring (bicyclic) bond motifs is 5. The van der Waals surface area contributed by atoms with E-state index >= 15 is 0 Å². The lowest BCUT2D eigenvalue weighted by molar-refractivity contribution is -0.744. The molecule has 44 heavy (non-hydrogen) atoms. The zero-order chi connectivity index (χ0) is 31.0. The Balaban J connectivity index is 1.20. The Hall–Kier alpha value is -2.43. The van der Waals surface area contributed by atoms with Crippen molar-refractivity contribution in [3.05, 3.63) is 25.3 Å². The van der Waals surface area contributed by atoms with E-state index in [2.05, 4.69) is 42.2 Å². The number of aliphatic hydroxyl groups is 2. The van der Waals surface area contributed by atoms with Gasteiger partial charge in [0.05, 0.1) is 19.5 Å². The van der Waals surface area contributed by atoms with Gasteiger partial charge in [-0.15, -0.1) is 0 Å². The molecule has 10 unspecified atom stereocenters. The Morgan fingerprint density at radius 1 is 1.02 bits per heavy atom. The molecule has 236 valence electrons. The minimum atomic E-state index is -4.41. The largest absolute Gasteiger partial charge is 0.780 e. The summed E-state index contributed by atoms with van der Waals surface area (Å²) in [6.07, 6.45) is -5.48. The van der Waals surface area contributed by atoms with E-state index in [-0.39, 0.29) is 28.4 Å². The summed E-state index contributed by atoms with van der Waals surface area (Å²) >= 11 is 9.24. The van der Waals surface area contributed by atoms with Crippen LogP contribution < -0.4 is 20.9 Å². The smallest absolute Gasteiger partial charge is 0.386 e. The number of nitrogens with two attached hydrogens (primary N) is 2. The maximum absolute atomic E-state index is 13.5. The molecule has 10 atom stereocenters. The third-order valence-corrected chi connectivity index (χ3v) is 10.5. The van der Waals surface area contributed by atoms with E-state index in [1.165, 1.54) is 34.4 Å². The number of H-pyrrole nitrogens is 1. The molecule has 24 heteroatoms. The van der Waals surface area contributed by atoms with Crippen LogP contribution in [0.25, 0.3) is 22.3 Å². The maximum atomic E-state index is 13.5. The van der Waals surface area contributed by atoms with E-state index in [1.807, 2.05) is 0 Å². The SMILES string of the molecule is Nc1ncnc2c1ncn2C1OC2COP([O-])(=S)OC3C(O)C(COP(=O)(S)OC2C1O)OC3[n+]1c[nH]c2c(N)ncnc21. The van der Waals surface area contributed by atoms with Crippen LogP contribution in [0.15, 0.2) is 25.3 Å². The van der Waals surface area contributed by atoms with Crippen molar-refractivity contribution in [2.75, 3.05) is 24.7 Å². The Morgan fingerprint density at radius 3 is 2.59 bits per heavy atom. The van der Waals surface area contributed by atoms with Crippen molar-refractivity contribution in [3.8, 4) is 0 Å². The fourth-order valence-corrected chi connectivity index (χ4v) is 8.16. The first-order chi connectivity index (χ1) is 20.9. The van der Waals surface area contributed by atoms with Crippen LogP contribution in [0.1, 0.15) is 12.5 Å². The molecule has 7 rings (SSSR count). The van der Waals surface area contributed by atoms with Crippen molar-refractivity contribution in [2.45, 2.75) is 49.1 Å². The number of imidazole rings is 2. The third-order valence-electron chi connectivity index (χ3n) is 7.31. The molecule has 4 aromatic rings. The standard InChI is InChI=1S/C20H24N10O10P2S2/c21-15-9-17(25-3-23-15)29(5-27-9)19-12(32)13-8(38-19)2-36-42(34,44)40-14-11(31)7(1-35-41(33,43)39-13)37-20(14)30-6-28-10-16(22)24-4-26-18(10)30/h3-8,11-14,19-20,31-32H,1-2H2,(H6,21,22,23,24,25,26,33,34,43,44). The van der Waals surface area contributed by atoms with E-state index in [0.717, 1.165) is 0 Å². The summed E-state index contributed by atoms with van der Waals surface area (Å²) in [6, 6.07) is 0. The second-order valence-electron chi connectivity index (χ2n) is 9.98. The van der Waals surface area contributed by atoms with Gasteiger partial charge >= 0.3 is 12.4 Å². The van der Waals surface area contributed by atoms with Crippen LogP contribution in [-0.4, -0.2) is 94.5 Å². The highest BCUT2D eigenvalue weighted by molar-refractivity contribution is 8.44. The molecule has 0 radical (unpaired) electrons. The zero-order valence-corrected chi connectivity index (χ0v) is 25.5. The number of nitrogen functional groups attached to an aromatic ring is 2. The molecule has 3 aliphatic rings. The average molecular weight is 691 g/mol. The van der Waals surface area contributed by atoms with Gasteiger partial charge in [0.15, 0.2) is 42.3 Å². The molecule has 0 aliphatic carbocycles. The van der Waals surface area contributed by atoms with E-state index in [9.17, 15) is 19.7 Å². The predicted octanol–water partition coefficient (Wildman–Crippen LogP) is -1.79. The average Bonchev–Trinajstić information content (AvgIpc) is 3.73. The first-order valence-corrected chi connectivity index (χ1v) is 18.1. The first-order valence-electron chi connectivity index (χ1n) is 12.8. The van der Waals surface area contributed by atoms with E-state index in [4.69, 9.17) is 50.8 Å². The Kier molecular flexibility index (Phi) is 7.64. The normalized spacial score (nSPS) is 38.3. The predicted molar refractivity (Wildman–Crippen MR) is 151 cm³/mol. The topological polar surface area (TPSA) is 277 Å². The number of aromatic amines is 1. The molecule has 20 nitrogen and oxygen atoms in total. The first kappa shape index (κ1) is 30.2. The van der Waals surface area contributed by atoms with Crippen LogP contribution in [0, 0.1) is 0 Å². The molecule has 0 spiro atoms. The summed E-state index contributed by atoms with van der Waals surface area (Å²) in [6.45, 7) is -9.79. The van der Waals surface area contributed by atoms with Crippen LogP contribution in [0.4, 0.5) is 11.6 Å². The zero-order valence-electron chi connectivity index (χ0n) is 22.0. The van der Waals surface area contributed by atoms with Crippen molar-refractivity contribution in [2.24, 2.45) is 0 Å². The van der Waals surface area contributed by atoms with Crippen molar-refractivity contribution in [3.63, 3.8) is 0 Å². The van der Waals surface area contributed by atoms with Gasteiger partial charge in [0.25, 0.3) is 0 Å². The van der Waals surface area contributed by atoms with Crippen LogP contribution in [0.5, 0.6) is 0 Å². The Labute approximate surface area is 256 Å². The summed E-state index contributed by atoms with van der Waals surface area (Å²) in [4.78, 5) is 36.7. The molecule has 0 amide bonds. The lowest BCUT2D eigenvalue weighted by atomic mass is 10.1. The second-order valence-corrected chi connectivity index (χ2v) is 15.6. The maximum Gasteiger partial charge on any atom is 0.386 e. The quantitative estimate of drug-likeness (QED) is 0.0769. The Morgan fingerprint density at radius 2 is 1.77 bits per heavy atom. The van der Waals surface area contributed by atoms with Gasteiger partial charge in [-0.2, -0.15) is 4.98 Å². The van der Waals surface area contributed by atoms with Gasteiger partial charge in [0.1, 0.15) is 49.1 Å². The van der Waals surface area contributed by atoms with Crippen LogP contribution in [0.3, 0.4) is 0 Å². The molecule has 7 N–H and O–H groups in total. The molecule has 0 saturated carbocycles. The fraction of sp³-hybridized carbons (Fsp3) is 0.500. The van der Waals surface area contributed by atoms with Crippen LogP contribution >= 0.6 is 25.8 Å². The molecule has 3 fully saturated rings. The number of aromatic nitrogens is 8. The minimum absolute atomic E-state index is 0.0971. The highest BCUT2D eigenvalue weighted by atomic mass is 32.7. The lowest BCUT2D eigenvalue weighted by Gasteiger charge is -2.33. The number of thiol groups is 1. The van der Waals surface area contributed by atoms with E-state index < -0.39 is 75.8 Å². The van der Waals surface area contributed by atoms with Crippen molar-refractivity contribution < 1.29 is 51.8 Å². The summed E-state index contributed by atoms with van der Waals surface area (Å²) in [7, 11) is 0. The fourth-order valence-electron chi connectivity index (χ4n) is 5.27. The second kappa shape index (κ2) is 11.1. The molecular weight excluding hydrogens is 666 g/mol. The van der Waals surface area contributed by atoms with Crippen molar-refractivity contribution >= 4 is 71.5 Å². The highest BCUT2D eigenvalue weighted by Gasteiger charge is 2.53. The molecule has 3 aliphatic heterocycles. The molecular formula is C20H24N10O10P2S2. The number of rotatable bonds is 2. The highest BCUT2D eigenvalue weighted by Crippen LogP contribution is 2.57. The van der Waals surface area contributed by atoms with Gasteiger partial charge in [-0.25, -0.2) is 24.1 Å². The third kappa shape index (κ3) is 5.28. The lowest BCUT2D eigenvalue weighted by Crippen LogP contribution is -2.47. The summed E-state index contributed by atoms with van der Waals surface area (Å²) in [5.41, 5.74) is 12.9. The summed E-state index contributed by atoms with van der Waals surface area (Å²) in [5, 5.41) is 22.4. The minimum Gasteiger partial charge on any atom is -0.780 e. The number of nitrogens with one attached hydrogen (secondary N) is 1. The number of nitrogens with zero attached hydrogens (tertiary/aromatic N) is 7. The molecule has 4 aromatic heterocycles. The number of aliphatic hydroxyl groups excluding tert-OH is 2. The number of ether oxygens (including phenoxy) is 2. The van der Waals surface area contributed by atoms with E-state index in [0.29, 0.717) is 5.52 Å². The number of anilines is 2. The van der Waals surface area contributed by atoms with Gasteiger partial charge in [-0.3, -0.25) is 18.6 Å². The van der Waals surface area contributed by atoms with Gasteiger partial charge in [0, 0.05) is 0 Å². The van der Waals surface area contributed by atoms with Crippen molar-refractivity contribution in [1.29, 1.82) is 0 Å². The summed E-state index contributed by atoms with van der Waals surface area (Å²) in [5.74, 6) is 0.239.